The van der Waals surface area contributed by atoms with Gasteiger partial charge >= 0.3 is 0 Å². The quantitative estimate of drug-likeness (QED) is 0.456. The van der Waals surface area contributed by atoms with E-state index in [-0.39, 0.29) is 10.7 Å². The topological polar surface area (TPSA) is 114 Å². The number of hydrogen-bond acceptors (Lipinski definition) is 7. The van der Waals surface area contributed by atoms with Crippen LogP contribution < -0.4 is 10.0 Å². The predicted octanol–water partition coefficient (Wildman–Crippen LogP) is 4.28. The van der Waals surface area contributed by atoms with Gasteiger partial charge in [0.1, 0.15) is 5.84 Å². The van der Waals surface area contributed by atoms with Gasteiger partial charge in [-0.2, -0.15) is 0 Å². The van der Waals surface area contributed by atoms with Crippen molar-refractivity contribution in [2.24, 2.45) is 4.99 Å². The van der Waals surface area contributed by atoms with E-state index in [1.54, 1.807) is 24.3 Å². The van der Waals surface area contributed by atoms with Crippen LogP contribution in [0.5, 0.6) is 0 Å². The molecule has 0 bridgehead atoms. The first-order valence-corrected chi connectivity index (χ1v) is 12.2. The van der Waals surface area contributed by atoms with Crippen LogP contribution in [-0.4, -0.2) is 31.7 Å². The molecule has 0 atom stereocenters. The third-order valence-electron chi connectivity index (χ3n) is 4.86. The van der Waals surface area contributed by atoms with Crippen molar-refractivity contribution >= 4 is 49.0 Å². The van der Waals surface area contributed by atoms with Gasteiger partial charge in [0, 0.05) is 18.7 Å². The van der Waals surface area contributed by atoms with Crippen LogP contribution in [0.25, 0.3) is 21.0 Å². The number of amides is 1. The average Bonchev–Trinajstić information content (AvgIpc) is 3.53. The zero-order chi connectivity index (χ0) is 22.1. The first-order valence-electron chi connectivity index (χ1n) is 9.91. The number of furan rings is 1. The Hall–Kier alpha value is -3.50. The van der Waals surface area contributed by atoms with E-state index in [4.69, 9.17) is 4.42 Å². The molecule has 1 aliphatic rings. The third-order valence-corrected chi connectivity index (χ3v) is 7.29. The molecule has 0 aliphatic carbocycles. The number of rotatable bonds is 5. The number of amidine groups is 1. The number of carbonyl (C=O) groups is 1. The molecule has 2 N–H and O–H groups in total. The number of para-hydroxylation sites is 1. The molecule has 1 aliphatic heterocycles. The predicted molar refractivity (Wildman–Crippen MR) is 124 cm³/mol. The summed E-state index contributed by atoms with van der Waals surface area (Å²) in [7, 11) is -3.77. The van der Waals surface area contributed by atoms with E-state index in [2.05, 4.69) is 20.0 Å². The number of sulfonamides is 1. The zero-order valence-electron chi connectivity index (χ0n) is 16.7. The van der Waals surface area contributed by atoms with Crippen molar-refractivity contribution in [2.75, 3.05) is 11.9 Å². The summed E-state index contributed by atoms with van der Waals surface area (Å²) in [6, 6.07) is 17.0. The average molecular weight is 467 g/mol. The van der Waals surface area contributed by atoms with Crippen molar-refractivity contribution in [2.45, 2.75) is 17.7 Å². The number of thiazole rings is 1. The van der Waals surface area contributed by atoms with Crippen molar-refractivity contribution in [3.05, 3.63) is 66.4 Å². The van der Waals surface area contributed by atoms with E-state index in [0.717, 1.165) is 16.6 Å². The van der Waals surface area contributed by atoms with Crippen LogP contribution in [0.3, 0.4) is 0 Å². The molecule has 4 aromatic rings. The van der Waals surface area contributed by atoms with Crippen molar-refractivity contribution in [1.82, 2.24) is 9.71 Å². The monoisotopic (exact) mass is 466 g/mol. The van der Waals surface area contributed by atoms with E-state index in [0.29, 0.717) is 35.3 Å². The zero-order valence-corrected chi connectivity index (χ0v) is 18.4. The van der Waals surface area contributed by atoms with E-state index in [9.17, 15) is 13.2 Å². The van der Waals surface area contributed by atoms with E-state index in [1.807, 2.05) is 24.3 Å². The van der Waals surface area contributed by atoms with Gasteiger partial charge in [-0.1, -0.05) is 18.2 Å². The number of anilines is 1. The summed E-state index contributed by atoms with van der Waals surface area (Å²) in [5.41, 5.74) is 1.20. The normalized spacial score (nSPS) is 13.8. The second-order valence-corrected chi connectivity index (χ2v) is 9.88. The van der Waals surface area contributed by atoms with E-state index < -0.39 is 15.9 Å². The molecule has 2 aromatic heterocycles. The van der Waals surface area contributed by atoms with Gasteiger partial charge in [0.05, 0.1) is 15.1 Å². The van der Waals surface area contributed by atoms with E-state index in [1.165, 1.54) is 23.5 Å². The molecule has 0 fully saturated rings. The lowest BCUT2D eigenvalue weighted by molar-refractivity contribution is 0.0997. The lowest BCUT2D eigenvalue weighted by atomic mass is 10.3. The molecular weight excluding hydrogens is 448 g/mol. The first kappa shape index (κ1) is 20.4. The maximum absolute atomic E-state index is 12.7. The smallest absolute Gasteiger partial charge is 0.291 e. The number of fused-ring (bicyclic) bond motifs is 1. The van der Waals surface area contributed by atoms with Crippen LogP contribution >= 0.6 is 11.3 Å². The summed E-state index contributed by atoms with van der Waals surface area (Å²) in [6.07, 6.45) is 1.43. The summed E-state index contributed by atoms with van der Waals surface area (Å²) in [5, 5.41) is 3.36. The highest BCUT2D eigenvalue weighted by molar-refractivity contribution is 7.90. The van der Waals surface area contributed by atoms with Gasteiger partial charge in [0.25, 0.3) is 15.9 Å². The molecule has 0 radical (unpaired) electrons. The Morgan fingerprint density at radius 2 is 1.94 bits per heavy atom. The molecule has 2 aromatic carbocycles. The van der Waals surface area contributed by atoms with Gasteiger partial charge < -0.3 is 9.73 Å². The fraction of sp³-hybridized carbons (Fsp3) is 0.136. The van der Waals surface area contributed by atoms with Crippen LogP contribution in [0.4, 0.5) is 5.69 Å². The molecule has 0 saturated carbocycles. The molecule has 0 spiro atoms. The number of nitrogens with one attached hydrogen (secondary N) is 2. The van der Waals surface area contributed by atoms with Crippen LogP contribution in [0.2, 0.25) is 0 Å². The standard InChI is InChI=1S/C22H18N4O4S2/c27-21(17-10-11-18(30-17)22-25-16-7-1-2-8-19(16)31-22)24-14-5-3-6-15(13-14)32(28,29)26-20-9-4-12-23-20/h1-3,5-8,10-11,13H,4,9,12H2,(H,23,26)(H,24,27). The second kappa shape index (κ2) is 8.21. The van der Waals surface area contributed by atoms with Crippen molar-refractivity contribution in [1.29, 1.82) is 0 Å². The van der Waals surface area contributed by atoms with Gasteiger partial charge in [-0.3, -0.25) is 14.5 Å². The summed E-state index contributed by atoms with van der Waals surface area (Å²) < 4.78 is 34.4. The number of nitrogens with zero attached hydrogens (tertiary/aromatic N) is 2. The second-order valence-electron chi connectivity index (χ2n) is 7.17. The third kappa shape index (κ3) is 4.14. The van der Waals surface area contributed by atoms with Gasteiger partial charge in [-0.25, -0.2) is 13.4 Å². The summed E-state index contributed by atoms with van der Waals surface area (Å²) in [5.74, 6) is 0.567. The van der Waals surface area contributed by atoms with Gasteiger partial charge in [-0.05, 0) is 48.9 Å². The van der Waals surface area contributed by atoms with Crippen molar-refractivity contribution < 1.29 is 17.6 Å². The Morgan fingerprint density at radius 3 is 2.75 bits per heavy atom. The lowest BCUT2D eigenvalue weighted by Crippen LogP contribution is -2.29. The van der Waals surface area contributed by atoms with Gasteiger partial charge in [0.15, 0.2) is 16.5 Å². The molecular formula is C22H18N4O4S2. The number of hydrogen-bond donors (Lipinski definition) is 2. The molecule has 162 valence electrons. The summed E-state index contributed by atoms with van der Waals surface area (Å²) in [6.45, 7) is 0.621. The van der Waals surface area contributed by atoms with Crippen molar-refractivity contribution in [3.63, 3.8) is 0 Å². The molecule has 10 heteroatoms. The molecule has 32 heavy (non-hydrogen) atoms. The highest BCUT2D eigenvalue weighted by Crippen LogP contribution is 2.31. The summed E-state index contributed by atoms with van der Waals surface area (Å²) in [4.78, 5) is 21.4. The van der Waals surface area contributed by atoms with Gasteiger partial charge in [0.2, 0.25) is 0 Å². The fourth-order valence-corrected chi connectivity index (χ4v) is 5.39. The maximum Gasteiger partial charge on any atom is 0.291 e. The van der Waals surface area contributed by atoms with Crippen LogP contribution in [0.1, 0.15) is 23.4 Å². The Balaban J connectivity index is 1.33. The van der Waals surface area contributed by atoms with Crippen LogP contribution in [0, 0.1) is 0 Å². The SMILES string of the molecule is O=C(Nc1cccc(S(=O)(=O)NC2=NCCC2)c1)c1ccc(-c2nc3ccccc3s2)o1. The largest absolute Gasteiger partial charge is 0.448 e. The van der Waals surface area contributed by atoms with Crippen LogP contribution in [-0.2, 0) is 10.0 Å². The maximum atomic E-state index is 12.7. The number of aliphatic imine (C=N–C) groups is 1. The Bertz CT molecular complexity index is 1420. The first-order chi connectivity index (χ1) is 15.5. The molecule has 0 unspecified atom stereocenters. The molecule has 3 heterocycles. The lowest BCUT2D eigenvalue weighted by Gasteiger charge is -2.09. The van der Waals surface area contributed by atoms with Crippen LogP contribution in [0.15, 0.2) is 75.0 Å². The van der Waals surface area contributed by atoms with Gasteiger partial charge in [-0.15, -0.1) is 11.3 Å². The molecule has 5 rings (SSSR count). The minimum atomic E-state index is -3.77. The summed E-state index contributed by atoms with van der Waals surface area (Å²) >= 11 is 1.48. The number of benzene rings is 2. The Morgan fingerprint density at radius 1 is 1.06 bits per heavy atom. The minimum absolute atomic E-state index is 0.0412. The van der Waals surface area contributed by atoms with Crippen molar-refractivity contribution in [3.8, 4) is 10.8 Å². The minimum Gasteiger partial charge on any atom is -0.448 e. The Kier molecular flexibility index (Phi) is 5.24. The highest BCUT2D eigenvalue weighted by atomic mass is 32.2. The highest BCUT2D eigenvalue weighted by Gasteiger charge is 2.20. The fourth-order valence-electron chi connectivity index (χ4n) is 3.32. The van der Waals surface area contributed by atoms with E-state index >= 15 is 0 Å². The Labute approximate surface area is 188 Å². The number of aromatic nitrogens is 1. The molecule has 1 amide bonds. The number of carbonyl (C=O) groups excluding carboxylic acids is 1. The molecule has 0 saturated heterocycles. The molecule has 8 nitrogen and oxygen atoms in total.